The number of carbonyl (C=O) groups excluding carboxylic acids is 1. The third-order valence-electron chi connectivity index (χ3n) is 2.89. The number of nitrogens with zero attached hydrogens (tertiary/aromatic N) is 1. The summed E-state index contributed by atoms with van der Waals surface area (Å²) in [5.41, 5.74) is 3.45. The van der Waals surface area contributed by atoms with Crippen LogP contribution in [-0.4, -0.2) is 5.97 Å². The summed E-state index contributed by atoms with van der Waals surface area (Å²) in [6, 6.07) is 16.9. The molecular weight excluding hydrogens is 262 g/mol. The molecule has 2 rings (SSSR count). The molecule has 0 amide bonds. The fourth-order valence-corrected chi connectivity index (χ4v) is 1.87. The van der Waals surface area contributed by atoms with Crippen LogP contribution in [0, 0.1) is 18.3 Å². The topological polar surface area (TPSA) is 50.1 Å². The first-order chi connectivity index (χ1) is 10.2. The number of carbonyl (C=O) groups is 1. The number of aryl methyl sites for hydroxylation is 1. The smallest absolute Gasteiger partial charge is 0.331 e. The minimum Gasteiger partial charge on any atom is -0.458 e. The highest BCUT2D eigenvalue weighted by atomic mass is 16.5. The van der Waals surface area contributed by atoms with Gasteiger partial charge in [0.05, 0.1) is 11.6 Å². The molecule has 0 fully saturated rings. The number of ether oxygens (including phenoxy) is 1. The van der Waals surface area contributed by atoms with Gasteiger partial charge in [0, 0.05) is 6.08 Å². The monoisotopic (exact) mass is 277 g/mol. The third kappa shape index (κ3) is 4.63. The van der Waals surface area contributed by atoms with E-state index >= 15 is 0 Å². The van der Waals surface area contributed by atoms with E-state index in [4.69, 9.17) is 10.00 Å². The molecule has 0 bridgehead atoms. The lowest BCUT2D eigenvalue weighted by atomic mass is 10.1. The van der Waals surface area contributed by atoms with Crippen molar-refractivity contribution in [3.63, 3.8) is 0 Å². The van der Waals surface area contributed by atoms with Gasteiger partial charge in [-0.3, -0.25) is 0 Å². The number of benzene rings is 2. The van der Waals surface area contributed by atoms with Crippen molar-refractivity contribution in [1.29, 1.82) is 5.26 Å². The van der Waals surface area contributed by atoms with Crippen LogP contribution in [0.15, 0.2) is 54.6 Å². The second-order valence-electron chi connectivity index (χ2n) is 4.67. The van der Waals surface area contributed by atoms with Crippen molar-refractivity contribution in [3.05, 3.63) is 76.9 Å². The van der Waals surface area contributed by atoms with E-state index in [2.05, 4.69) is 6.07 Å². The van der Waals surface area contributed by atoms with Crippen molar-refractivity contribution in [2.24, 2.45) is 0 Å². The van der Waals surface area contributed by atoms with E-state index in [1.807, 2.05) is 37.3 Å². The summed E-state index contributed by atoms with van der Waals surface area (Å²) in [6.45, 7) is 2.16. The summed E-state index contributed by atoms with van der Waals surface area (Å²) in [4.78, 5) is 11.7. The van der Waals surface area contributed by atoms with Crippen molar-refractivity contribution in [1.82, 2.24) is 0 Å². The molecule has 0 aromatic heterocycles. The fourth-order valence-electron chi connectivity index (χ4n) is 1.87. The Morgan fingerprint density at radius 3 is 2.81 bits per heavy atom. The highest BCUT2D eigenvalue weighted by Crippen LogP contribution is 2.08. The maximum absolute atomic E-state index is 11.7. The van der Waals surface area contributed by atoms with E-state index in [1.54, 1.807) is 24.3 Å². The van der Waals surface area contributed by atoms with Gasteiger partial charge in [-0.2, -0.15) is 5.26 Å². The molecule has 3 nitrogen and oxygen atoms in total. The van der Waals surface area contributed by atoms with E-state index in [1.165, 1.54) is 6.08 Å². The standard InChI is InChI=1S/C18H15NO2/c1-14-4-2-5-15(10-14)8-9-18(20)21-13-17-7-3-6-16(11-17)12-19/h2-11H,13H2,1H3/b9-8+. The highest BCUT2D eigenvalue weighted by Gasteiger charge is 2.00. The number of hydrogen-bond donors (Lipinski definition) is 0. The molecule has 0 aliphatic heterocycles. The Labute approximate surface area is 124 Å². The summed E-state index contributed by atoms with van der Waals surface area (Å²) in [6.07, 6.45) is 3.13. The molecule has 0 atom stereocenters. The van der Waals surface area contributed by atoms with Gasteiger partial charge in [0.15, 0.2) is 0 Å². The normalized spacial score (nSPS) is 10.3. The molecule has 3 heteroatoms. The van der Waals surface area contributed by atoms with Crippen LogP contribution >= 0.6 is 0 Å². The first-order valence-corrected chi connectivity index (χ1v) is 6.58. The minimum atomic E-state index is -0.404. The molecular formula is C18H15NO2. The molecule has 0 spiro atoms. The Kier molecular flexibility index (Phi) is 4.89. The van der Waals surface area contributed by atoms with Crippen molar-refractivity contribution in [2.45, 2.75) is 13.5 Å². The van der Waals surface area contributed by atoms with Crippen LogP contribution < -0.4 is 0 Å². The molecule has 0 saturated heterocycles. The fraction of sp³-hybridized carbons (Fsp3) is 0.111. The molecule has 0 radical (unpaired) electrons. The van der Waals surface area contributed by atoms with E-state index < -0.39 is 5.97 Å². The zero-order chi connectivity index (χ0) is 15.1. The van der Waals surface area contributed by atoms with Crippen LogP contribution in [0.25, 0.3) is 6.08 Å². The largest absolute Gasteiger partial charge is 0.458 e. The summed E-state index contributed by atoms with van der Waals surface area (Å²) >= 11 is 0. The SMILES string of the molecule is Cc1cccc(/C=C/C(=O)OCc2cccc(C#N)c2)c1. The maximum Gasteiger partial charge on any atom is 0.331 e. The number of hydrogen-bond acceptors (Lipinski definition) is 3. The Morgan fingerprint density at radius 1 is 1.24 bits per heavy atom. The van der Waals surface area contributed by atoms with Crippen molar-refractivity contribution >= 4 is 12.0 Å². The van der Waals surface area contributed by atoms with Gasteiger partial charge in [-0.15, -0.1) is 0 Å². The van der Waals surface area contributed by atoms with E-state index in [0.717, 1.165) is 16.7 Å². The molecule has 0 N–H and O–H groups in total. The summed E-state index contributed by atoms with van der Waals surface area (Å²) in [5, 5.41) is 8.80. The van der Waals surface area contributed by atoms with Gasteiger partial charge in [-0.1, -0.05) is 42.0 Å². The Bertz CT molecular complexity index is 711. The molecule has 21 heavy (non-hydrogen) atoms. The van der Waals surface area contributed by atoms with Crippen LogP contribution in [0.3, 0.4) is 0 Å². The minimum absolute atomic E-state index is 0.159. The van der Waals surface area contributed by atoms with E-state index in [-0.39, 0.29) is 6.61 Å². The lowest BCUT2D eigenvalue weighted by Gasteiger charge is -2.02. The average molecular weight is 277 g/mol. The maximum atomic E-state index is 11.7. The van der Waals surface area contributed by atoms with Crippen molar-refractivity contribution < 1.29 is 9.53 Å². The van der Waals surface area contributed by atoms with Gasteiger partial charge in [0.2, 0.25) is 0 Å². The van der Waals surface area contributed by atoms with Crippen molar-refractivity contribution in [3.8, 4) is 6.07 Å². The number of rotatable bonds is 4. The second-order valence-corrected chi connectivity index (χ2v) is 4.67. The predicted octanol–water partition coefficient (Wildman–Crippen LogP) is 3.62. The second kappa shape index (κ2) is 7.06. The van der Waals surface area contributed by atoms with Gasteiger partial charge in [0.1, 0.15) is 6.61 Å². The van der Waals surface area contributed by atoms with Gasteiger partial charge in [0.25, 0.3) is 0 Å². The quantitative estimate of drug-likeness (QED) is 0.633. The number of esters is 1. The van der Waals surface area contributed by atoms with Gasteiger partial charge >= 0.3 is 5.97 Å². The highest BCUT2D eigenvalue weighted by molar-refractivity contribution is 5.87. The van der Waals surface area contributed by atoms with Crippen LogP contribution in [0.2, 0.25) is 0 Å². The van der Waals surface area contributed by atoms with Crippen LogP contribution in [0.1, 0.15) is 22.3 Å². The van der Waals surface area contributed by atoms with Gasteiger partial charge < -0.3 is 4.74 Å². The first kappa shape index (κ1) is 14.5. The number of nitriles is 1. The Hall–Kier alpha value is -2.86. The molecule has 0 aliphatic rings. The van der Waals surface area contributed by atoms with Gasteiger partial charge in [-0.25, -0.2) is 4.79 Å². The molecule has 2 aromatic rings. The Balaban J connectivity index is 1.91. The van der Waals surface area contributed by atoms with Gasteiger partial charge in [-0.05, 0) is 36.3 Å². The molecule has 0 heterocycles. The van der Waals surface area contributed by atoms with E-state index in [9.17, 15) is 4.79 Å². The Morgan fingerprint density at radius 2 is 2.05 bits per heavy atom. The van der Waals surface area contributed by atoms with Crippen LogP contribution in [-0.2, 0) is 16.1 Å². The van der Waals surface area contributed by atoms with Crippen LogP contribution in [0.5, 0.6) is 0 Å². The summed E-state index contributed by atoms with van der Waals surface area (Å²) in [5.74, 6) is -0.404. The molecule has 0 unspecified atom stereocenters. The third-order valence-corrected chi connectivity index (χ3v) is 2.89. The lowest BCUT2D eigenvalue weighted by molar-refractivity contribution is -0.138. The predicted molar refractivity (Wildman–Crippen MR) is 81.2 cm³/mol. The zero-order valence-electron chi connectivity index (χ0n) is 11.7. The zero-order valence-corrected chi connectivity index (χ0v) is 11.7. The van der Waals surface area contributed by atoms with E-state index in [0.29, 0.717) is 5.56 Å². The average Bonchev–Trinajstić information content (AvgIpc) is 2.51. The molecule has 0 aliphatic carbocycles. The first-order valence-electron chi connectivity index (χ1n) is 6.58. The molecule has 104 valence electrons. The van der Waals surface area contributed by atoms with Crippen molar-refractivity contribution in [2.75, 3.05) is 0 Å². The summed E-state index contributed by atoms with van der Waals surface area (Å²) < 4.78 is 5.14. The lowest BCUT2D eigenvalue weighted by Crippen LogP contribution is -2.00. The molecule has 0 saturated carbocycles. The molecule has 2 aromatic carbocycles. The van der Waals surface area contributed by atoms with Crippen LogP contribution in [0.4, 0.5) is 0 Å². The summed E-state index contributed by atoms with van der Waals surface area (Å²) in [7, 11) is 0.